The SMILES string of the molecule is CNc1ncccc1CNc1nc(Nc2cccc3c2CC(=O)N3)ncc1C(F)(F)F. The average Bonchev–Trinajstić information content (AvgIpc) is 3.13. The summed E-state index contributed by atoms with van der Waals surface area (Å²) in [4.78, 5) is 23.7. The first-order chi connectivity index (χ1) is 14.8. The van der Waals surface area contributed by atoms with Crippen molar-refractivity contribution < 1.29 is 18.0 Å². The second kappa shape index (κ2) is 8.09. The number of alkyl halides is 3. The molecule has 0 spiro atoms. The van der Waals surface area contributed by atoms with Gasteiger partial charge in [-0.1, -0.05) is 12.1 Å². The summed E-state index contributed by atoms with van der Waals surface area (Å²) >= 11 is 0. The quantitative estimate of drug-likeness (QED) is 0.473. The molecule has 8 nitrogen and oxygen atoms in total. The number of pyridine rings is 1. The van der Waals surface area contributed by atoms with E-state index in [-0.39, 0.29) is 30.6 Å². The number of nitrogens with one attached hydrogen (secondary N) is 4. The number of fused-ring (bicyclic) bond motifs is 1. The summed E-state index contributed by atoms with van der Waals surface area (Å²) in [5.41, 5.74) is 1.60. The third kappa shape index (κ3) is 4.34. The maximum Gasteiger partial charge on any atom is 0.421 e. The largest absolute Gasteiger partial charge is 0.421 e. The highest BCUT2D eigenvalue weighted by Crippen LogP contribution is 2.35. The van der Waals surface area contributed by atoms with Crippen LogP contribution < -0.4 is 21.3 Å². The van der Waals surface area contributed by atoms with Gasteiger partial charge < -0.3 is 21.3 Å². The van der Waals surface area contributed by atoms with Crippen LogP contribution in [0.5, 0.6) is 0 Å². The van der Waals surface area contributed by atoms with E-state index in [1.165, 1.54) is 0 Å². The van der Waals surface area contributed by atoms with Crippen molar-refractivity contribution in [3.05, 3.63) is 59.4 Å². The van der Waals surface area contributed by atoms with Crippen LogP contribution in [0.25, 0.3) is 0 Å². The highest BCUT2D eigenvalue weighted by Gasteiger charge is 2.35. The lowest BCUT2D eigenvalue weighted by atomic mass is 10.1. The van der Waals surface area contributed by atoms with Gasteiger partial charge in [0.1, 0.15) is 17.2 Å². The summed E-state index contributed by atoms with van der Waals surface area (Å²) in [5.74, 6) is 0.00527. The van der Waals surface area contributed by atoms with Crippen molar-refractivity contribution in [1.82, 2.24) is 15.0 Å². The molecule has 1 aliphatic heterocycles. The summed E-state index contributed by atoms with van der Waals surface area (Å²) in [6.07, 6.45) is -2.16. The molecule has 0 fully saturated rings. The Balaban J connectivity index is 1.63. The second-order valence-corrected chi connectivity index (χ2v) is 6.75. The highest BCUT2D eigenvalue weighted by atomic mass is 19.4. The molecule has 0 radical (unpaired) electrons. The van der Waals surface area contributed by atoms with Gasteiger partial charge in [0.2, 0.25) is 11.9 Å². The van der Waals surface area contributed by atoms with Crippen molar-refractivity contribution in [1.29, 1.82) is 0 Å². The number of amides is 1. The minimum atomic E-state index is -4.63. The van der Waals surface area contributed by atoms with Crippen LogP contribution in [0.4, 0.5) is 42.1 Å². The lowest BCUT2D eigenvalue weighted by Crippen LogP contribution is -2.15. The predicted octanol–water partition coefficient (Wildman–Crippen LogP) is 3.78. The third-order valence-electron chi connectivity index (χ3n) is 4.70. The Hall–Kier alpha value is -3.89. The first-order valence-corrected chi connectivity index (χ1v) is 9.33. The molecule has 0 saturated carbocycles. The fraction of sp³-hybridized carbons (Fsp3) is 0.200. The van der Waals surface area contributed by atoms with Gasteiger partial charge in [0.15, 0.2) is 0 Å². The number of hydrogen-bond donors (Lipinski definition) is 4. The molecule has 4 N–H and O–H groups in total. The van der Waals surface area contributed by atoms with E-state index in [9.17, 15) is 18.0 Å². The van der Waals surface area contributed by atoms with E-state index in [4.69, 9.17) is 0 Å². The average molecular weight is 429 g/mol. The van der Waals surface area contributed by atoms with Crippen LogP contribution in [0.1, 0.15) is 16.7 Å². The minimum absolute atomic E-state index is 0.0247. The first kappa shape index (κ1) is 20.4. The fourth-order valence-electron chi connectivity index (χ4n) is 3.26. The molecule has 0 saturated heterocycles. The molecule has 11 heteroatoms. The molecule has 160 valence electrons. The first-order valence-electron chi connectivity index (χ1n) is 9.33. The second-order valence-electron chi connectivity index (χ2n) is 6.75. The number of benzene rings is 1. The number of carbonyl (C=O) groups is 1. The van der Waals surface area contributed by atoms with Gasteiger partial charge in [-0.2, -0.15) is 18.2 Å². The molecule has 0 unspecified atom stereocenters. The molecular formula is C20H18F3N7O. The molecule has 0 atom stereocenters. The van der Waals surface area contributed by atoms with Crippen LogP contribution >= 0.6 is 0 Å². The lowest BCUT2D eigenvalue weighted by molar-refractivity contribution is -0.137. The minimum Gasteiger partial charge on any atom is -0.373 e. The normalized spacial score (nSPS) is 12.8. The van der Waals surface area contributed by atoms with Crippen molar-refractivity contribution in [3.63, 3.8) is 0 Å². The molecule has 2 aromatic heterocycles. The summed E-state index contributed by atoms with van der Waals surface area (Å²) < 4.78 is 40.5. The van der Waals surface area contributed by atoms with E-state index in [0.717, 1.165) is 6.20 Å². The van der Waals surface area contributed by atoms with Gasteiger partial charge in [0, 0.05) is 48.5 Å². The Bertz CT molecular complexity index is 1130. The fourth-order valence-corrected chi connectivity index (χ4v) is 3.26. The number of halogens is 3. The van der Waals surface area contributed by atoms with Crippen molar-refractivity contribution in [2.45, 2.75) is 19.1 Å². The van der Waals surface area contributed by atoms with E-state index in [2.05, 4.69) is 36.2 Å². The number of aromatic nitrogens is 3. The summed E-state index contributed by atoms with van der Waals surface area (Å²) in [6.45, 7) is 0.0721. The van der Waals surface area contributed by atoms with Gasteiger partial charge in [0.05, 0.1) is 6.42 Å². The molecule has 31 heavy (non-hydrogen) atoms. The van der Waals surface area contributed by atoms with Crippen molar-refractivity contribution in [2.75, 3.05) is 28.3 Å². The molecule has 4 rings (SSSR count). The summed E-state index contributed by atoms with van der Waals surface area (Å²) in [6, 6.07) is 8.62. The standard InChI is InChI=1S/C20H18F3N7O/c1-24-17-11(4-3-7-25-17)9-26-18-13(20(21,22)23)10-27-19(30-18)29-15-6-2-5-14-12(15)8-16(31)28-14/h2-7,10H,8-9H2,1H3,(H,24,25)(H,28,31)(H2,26,27,29,30). The molecule has 0 aliphatic carbocycles. The number of anilines is 5. The highest BCUT2D eigenvalue weighted by molar-refractivity contribution is 6.01. The zero-order chi connectivity index (χ0) is 22.0. The van der Waals surface area contributed by atoms with Crippen molar-refractivity contribution in [3.8, 4) is 0 Å². The van der Waals surface area contributed by atoms with Crippen molar-refractivity contribution in [2.24, 2.45) is 0 Å². The van der Waals surface area contributed by atoms with Gasteiger partial charge in [0.25, 0.3) is 0 Å². The Kier molecular flexibility index (Phi) is 5.32. The Morgan fingerprint density at radius 1 is 1.13 bits per heavy atom. The summed E-state index contributed by atoms with van der Waals surface area (Å²) in [7, 11) is 1.68. The molecule has 1 aromatic carbocycles. The number of carbonyl (C=O) groups excluding carboxylic acids is 1. The Morgan fingerprint density at radius 2 is 1.97 bits per heavy atom. The van der Waals surface area contributed by atoms with Crippen LogP contribution in [-0.2, 0) is 23.9 Å². The van der Waals surface area contributed by atoms with E-state index in [1.807, 2.05) is 0 Å². The Labute approximate surface area is 175 Å². The lowest BCUT2D eigenvalue weighted by Gasteiger charge is -2.16. The monoisotopic (exact) mass is 429 g/mol. The van der Waals surface area contributed by atoms with Crippen molar-refractivity contribution >= 4 is 34.9 Å². The molecule has 3 aromatic rings. The number of nitrogens with zero attached hydrogens (tertiary/aromatic N) is 3. The topological polar surface area (TPSA) is 104 Å². The van der Waals surface area contributed by atoms with Crippen LogP contribution in [-0.4, -0.2) is 27.9 Å². The molecule has 3 heterocycles. The van der Waals surface area contributed by atoms with Crippen LogP contribution in [0.15, 0.2) is 42.7 Å². The van der Waals surface area contributed by atoms with Gasteiger partial charge in [-0.15, -0.1) is 0 Å². The predicted molar refractivity (Wildman–Crippen MR) is 110 cm³/mol. The molecule has 1 amide bonds. The van der Waals surface area contributed by atoms with Crippen LogP contribution in [0, 0.1) is 0 Å². The number of hydrogen-bond acceptors (Lipinski definition) is 7. The zero-order valence-corrected chi connectivity index (χ0v) is 16.3. The van der Waals surface area contributed by atoms with Crippen LogP contribution in [0.3, 0.4) is 0 Å². The van der Waals surface area contributed by atoms with E-state index >= 15 is 0 Å². The third-order valence-corrected chi connectivity index (χ3v) is 4.70. The maximum atomic E-state index is 13.5. The zero-order valence-electron chi connectivity index (χ0n) is 16.3. The van der Waals surface area contributed by atoms with Gasteiger partial charge in [-0.3, -0.25) is 4.79 Å². The molecule has 0 bridgehead atoms. The van der Waals surface area contributed by atoms with Gasteiger partial charge >= 0.3 is 6.18 Å². The number of rotatable bonds is 6. The van der Waals surface area contributed by atoms with Crippen LogP contribution in [0.2, 0.25) is 0 Å². The van der Waals surface area contributed by atoms with E-state index in [0.29, 0.717) is 28.3 Å². The Morgan fingerprint density at radius 3 is 2.74 bits per heavy atom. The van der Waals surface area contributed by atoms with Gasteiger partial charge in [-0.25, -0.2) is 9.97 Å². The smallest absolute Gasteiger partial charge is 0.373 e. The molecular weight excluding hydrogens is 411 g/mol. The molecule has 1 aliphatic rings. The summed E-state index contributed by atoms with van der Waals surface area (Å²) in [5, 5.41) is 11.3. The van der Waals surface area contributed by atoms with E-state index in [1.54, 1.807) is 43.6 Å². The maximum absolute atomic E-state index is 13.5. The van der Waals surface area contributed by atoms with E-state index < -0.39 is 11.7 Å². The van der Waals surface area contributed by atoms with Gasteiger partial charge in [-0.05, 0) is 18.2 Å².